The number of unbranched alkanes of at least 4 members (excludes halogenated alkanes) is 1. The molecule has 3 rings (SSSR count). The number of hydrogen-bond acceptors (Lipinski definition) is 6. The lowest BCUT2D eigenvalue weighted by atomic mass is 10.1. The van der Waals surface area contributed by atoms with E-state index in [2.05, 4.69) is 5.32 Å². The van der Waals surface area contributed by atoms with E-state index >= 15 is 0 Å². The third-order valence-electron chi connectivity index (χ3n) is 5.59. The zero-order valence-electron chi connectivity index (χ0n) is 19.8. The summed E-state index contributed by atoms with van der Waals surface area (Å²) in [4.78, 5) is 50.7. The number of ether oxygens (including phenoxy) is 2. The minimum atomic E-state index is -0.627. The number of aryl methyl sites for hydroxylation is 2. The molecule has 34 heavy (non-hydrogen) atoms. The van der Waals surface area contributed by atoms with Crippen LogP contribution in [0.2, 0.25) is 0 Å². The minimum Gasteiger partial charge on any atom is -0.462 e. The van der Waals surface area contributed by atoms with Crippen LogP contribution < -0.4 is 10.2 Å². The van der Waals surface area contributed by atoms with Crippen molar-refractivity contribution in [3.63, 3.8) is 0 Å². The summed E-state index contributed by atoms with van der Waals surface area (Å²) < 4.78 is 10.3. The van der Waals surface area contributed by atoms with Crippen LogP contribution in [0.25, 0.3) is 0 Å². The first-order valence-electron chi connectivity index (χ1n) is 11.4. The Morgan fingerprint density at radius 1 is 1.06 bits per heavy atom. The van der Waals surface area contributed by atoms with Gasteiger partial charge in [0, 0.05) is 24.3 Å². The van der Waals surface area contributed by atoms with Crippen LogP contribution in [0.4, 0.5) is 11.4 Å². The Bertz CT molecular complexity index is 1060. The summed E-state index contributed by atoms with van der Waals surface area (Å²) >= 11 is 0. The molecule has 0 bridgehead atoms. The SMILES string of the molecule is CCCCOC(=O)c1ccc(NC(=O)COC(=O)[C@H]2CC(=O)N(c3cc(C)ccc3C)C2)cc1. The number of hydrogen-bond donors (Lipinski definition) is 1. The third kappa shape index (κ3) is 6.43. The molecule has 0 unspecified atom stereocenters. The molecular formula is C26H30N2O6. The number of anilines is 2. The summed E-state index contributed by atoms with van der Waals surface area (Å²) in [5.74, 6) is -2.28. The lowest BCUT2D eigenvalue weighted by molar-refractivity contribution is -0.151. The molecule has 0 saturated carbocycles. The first-order chi connectivity index (χ1) is 16.3. The number of carbonyl (C=O) groups is 4. The maximum absolute atomic E-state index is 12.5. The van der Waals surface area contributed by atoms with Crippen LogP contribution in [0, 0.1) is 19.8 Å². The molecule has 8 heteroatoms. The van der Waals surface area contributed by atoms with Crippen molar-refractivity contribution in [1.82, 2.24) is 0 Å². The number of benzene rings is 2. The minimum absolute atomic E-state index is 0.0453. The Hall–Kier alpha value is -3.68. The van der Waals surface area contributed by atoms with Crippen molar-refractivity contribution in [2.75, 3.05) is 30.0 Å². The predicted octanol–water partition coefficient (Wildman–Crippen LogP) is 3.80. The molecular weight excluding hydrogens is 436 g/mol. The molecule has 8 nitrogen and oxygen atoms in total. The van der Waals surface area contributed by atoms with Gasteiger partial charge < -0.3 is 19.7 Å². The molecule has 2 aromatic carbocycles. The first-order valence-corrected chi connectivity index (χ1v) is 11.4. The summed E-state index contributed by atoms with van der Waals surface area (Å²) in [6, 6.07) is 12.1. The average Bonchev–Trinajstić information content (AvgIpc) is 3.21. The average molecular weight is 467 g/mol. The molecule has 0 radical (unpaired) electrons. The molecule has 1 aliphatic rings. The van der Waals surface area contributed by atoms with Crippen molar-refractivity contribution in [2.45, 2.75) is 40.0 Å². The molecule has 180 valence electrons. The van der Waals surface area contributed by atoms with Gasteiger partial charge in [-0.1, -0.05) is 25.5 Å². The topological polar surface area (TPSA) is 102 Å². The van der Waals surface area contributed by atoms with Crippen molar-refractivity contribution in [1.29, 1.82) is 0 Å². The number of nitrogens with one attached hydrogen (secondary N) is 1. The molecule has 0 aromatic heterocycles. The normalized spacial score (nSPS) is 15.2. The van der Waals surface area contributed by atoms with Gasteiger partial charge in [0.2, 0.25) is 5.91 Å². The first kappa shape index (κ1) is 25.0. The molecule has 0 aliphatic carbocycles. The van der Waals surface area contributed by atoms with Crippen LogP contribution in [0.1, 0.15) is 47.7 Å². The zero-order valence-corrected chi connectivity index (χ0v) is 19.8. The highest BCUT2D eigenvalue weighted by Gasteiger charge is 2.36. The fraction of sp³-hybridized carbons (Fsp3) is 0.385. The number of rotatable bonds is 9. The molecule has 1 heterocycles. The van der Waals surface area contributed by atoms with Gasteiger partial charge in [0.15, 0.2) is 6.61 Å². The van der Waals surface area contributed by atoms with E-state index in [1.54, 1.807) is 29.2 Å². The molecule has 2 amide bonds. The second-order valence-corrected chi connectivity index (χ2v) is 8.42. The van der Waals surface area contributed by atoms with E-state index in [-0.39, 0.29) is 18.9 Å². The highest BCUT2D eigenvalue weighted by atomic mass is 16.5. The number of esters is 2. The monoisotopic (exact) mass is 466 g/mol. The largest absolute Gasteiger partial charge is 0.462 e. The van der Waals surface area contributed by atoms with E-state index in [9.17, 15) is 19.2 Å². The van der Waals surface area contributed by atoms with Crippen LogP contribution in [0.15, 0.2) is 42.5 Å². The molecule has 1 saturated heterocycles. The molecule has 1 fully saturated rings. The lowest BCUT2D eigenvalue weighted by Gasteiger charge is -2.19. The van der Waals surface area contributed by atoms with E-state index < -0.39 is 30.4 Å². The molecule has 2 aromatic rings. The predicted molar refractivity (Wildman–Crippen MR) is 128 cm³/mol. The van der Waals surface area contributed by atoms with Crippen molar-refractivity contribution in [3.05, 3.63) is 59.2 Å². The Labute approximate surface area is 199 Å². The van der Waals surface area contributed by atoms with Gasteiger partial charge in [-0.3, -0.25) is 14.4 Å². The Kier molecular flexibility index (Phi) is 8.40. The van der Waals surface area contributed by atoms with Crippen molar-refractivity contribution < 1.29 is 28.7 Å². The summed E-state index contributed by atoms with van der Waals surface area (Å²) in [5, 5.41) is 2.62. The highest BCUT2D eigenvalue weighted by molar-refractivity contribution is 6.00. The molecule has 1 aliphatic heterocycles. The number of amides is 2. The van der Waals surface area contributed by atoms with Gasteiger partial charge in [-0.25, -0.2) is 4.79 Å². The van der Waals surface area contributed by atoms with Crippen LogP contribution in [-0.2, 0) is 23.9 Å². The van der Waals surface area contributed by atoms with E-state index in [0.29, 0.717) is 17.9 Å². The maximum Gasteiger partial charge on any atom is 0.338 e. The second kappa shape index (κ2) is 11.4. The summed E-state index contributed by atoms with van der Waals surface area (Å²) in [6.45, 7) is 6.00. The van der Waals surface area contributed by atoms with E-state index in [1.165, 1.54) is 0 Å². The van der Waals surface area contributed by atoms with Gasteiger partial charge in [0.05, 0.1) is 18.1 Å². The maximum atomic E-state index is 12.5. The summed E-state index contributed by atoms with van der Waals surface area (Å²) in [7, 11) is 0. The Morgan fingerprint density at radius 2 is 1.79 bits per heavy atom. The van der Waals surface area contributed by atoms with E-state index in [4.69, 9.17) is 9.47 Å². The van der Waals surface area contributed by atoms with Crippen LogP contribution in [-0.4, -0.2) is 43.5 Å². The van der Waals surface area contributed by atoms with Gasteiger partial charge in [-0.15, -0.1) is 0 Å². The number of nitrogens with zero attached hydrogens (tertiary/aromatic N) is 1. The molecule has 1 N–H and O–H groups in total. The second-order valence-electron chi connectivity index (χ2n) is 8.42. The quantitative estimate of drug-likeness (QED) is 0.446. The van der Waals surface area contributed by atoms with Gasteiger partial charge in [-0.2, -0.15) is 0 Å². The van der Waals surface area contributed by atoms with Gasteiger partial charge in [-0.05, 0) is 61.7 Å². The molecule has 1 atom stereocenters. The van der Waals surface area contributed by atoms with Crippen molar-refractivity contribution >= 4 is 35.1 Å². The zero-order chi connectivity index (χ0) is 24.7. The van der Waals surface area contributed by atoms with E-state index in [0.717, 1.165) is 29.7 Å². The van der Waals surface area contributed by atoms with Crippen LogP contribution >= 0.6 is 0 Å². The smallest absolute Gasteiger partial charge is 0.338 e. The summed E-state index contributed by atoms with van der Waals surface area (Å²) in [5.41, 5.74) is 3.61. The summed E-state index contributed by atoms with van der Waals surface area (Å²) in [6.07, 6.45) is 1.78. The van der Waals surface area contributed by atoms with Gasteiger partial charge in [0.1, 0.15) is 0 Å². The van der Waals surface area contributed by atoms with Crippen LogP contribution in [0.3, 0.4) is 0 Å². The van der Waals surface area contributed by atoms with Gasteiger partial charge >= 0.3 is 11.9 Å². The number of carbonyl (C=O) groups excluding carboxylic acids is 4. The standard InChI is InChI=1S/C26H30N2O6/c1-4-5-12-33-25(31)19-8-10-21(11-9-19)27-23(29)16-34-26(32)20-14-24(30)28(15-20)22-13-17(2)6-7-18(22)3/h6-11,13,20H,4-5,12,14-16H2,1-3H3,(H,27,29)/t20-/m0/s1. The third-order valence-corrected chi connectivity index (χ3v) is 5.59. The Morgan fingerprint density at radius 3 is 2.50 bits per heavy atom. The lowest BCUT2D eigenvalue weighted by Crippen LogP contribution is -2.28. The van der Waals surface area contributed by atoms with Crippen molar-refractivity contribution in [2.24, 2.45) is 5.92 Å². The van der Waals surface area contributed by atoms with E-state index in [1.807, 2.05) is 39.0 Å². The van der Waals surface area contributed by atoms with Gasteiger partial charge in [0.25, 0.3) is 5.91 Å². The van der Waals surface area contributed by atoms with Crippen molar-refractivity contribution in [3.8, 4) is 0 Å². The highest BCUT2D eigenvalue weighted by Crippen LogP contribution is 2.29. The Balaban J connectivity index is 1.48. The fourth-order valence-corrected chi connectivity index (χ4v) is 3.64. The molecule has 0 spiro atoms. The fourth-order valence-electron chi connectivity index (χ4n) is 3.64. The van der Waals surface area contributed by atoms with Crippen LogP contribution in [0.5, 0.6) is 0 Å².